The lowest BCUT2D eigenvalue weighted by Gasteiger charge is -2.25. The Kier molecular flexibility index (Phi) is 6.56. The van der Waals surface area contributed by atoms with Gasteiger partial charge < -0.3 is 28.9 Å². The molecule has 3 aliphatic heterocycles. The number of nitriles is 1. The van der Waals surface area contributed by atoms with Crippen molar-refractivity contribution in [2.45, 2.75) is 56.5 Å². The molecule has 3 aliphatic rings. The molecule has 0 unspecified atom stereocenters. The van der Waals surface area contributed by atoms with Crippen LogP contribution in [0.5, 0.6) is 0 Å². The van der Waals surface area contributed by atoms with Crippen LogP contribution in [-0.2, 0) is 28.6 Å². The number of anilines is 1. The summed E-state index contributed by atoms with van der Waals surface area (Å²) in [6.45, 7) is 2.55. The van der Waals surface area contributed by atoms with Crippen LogP contribution >= 0.6 is 19.2 Å². The molecular formula is C20H23ClF2N5O8PS. The Morgan fingerprint density at radius 1 is 1.32 bits per heavy atom. The fraction of sp³-hybridized carbons (Fsp3) is 0.650. The van der Waals surface area contributed by atoms with Gasteiger partial charge in [0, 0.05) is 13.0 Å². The van der Waals surface area contributed by atoms with E-state index in [-0.39, 0.29) is 34.0 Å². The number of aromatic nitrogens is 3. The third kappa shape index (κ3) is 5.14. The number of sulfone groups is 1. The highest BCUT2D eigenvalue weighted by molar-refractivity contribution is 7.97. The Morgan fingerprint density at radius 2 is 2.00 bits per heavy atom. The molecule has 4 atom stereocenters. The summed E-state index contributed by atoms with van der Waals surface area (Å²) < 4.78 is 83.4. The Bertz CT molecular complexity index is 1490. The molecule has 3 fully saturated rings. The van der Waals surface area contributed by atoms with Gasteiger partial charge in [-0.2, -0.15) is 10.4 Å². The van der Waals surface area contributed by atoms with Gasteiger partial charge in [0.2, 0.25) is 0 Å². The van der Waals surface area contributed by atoms with E-state index in [1.807, 2.05) is 6.07 Å². The summed E-state index contributed by atoms with van der Waals surface area (Å²) in [6.07, 6.45) is -3.27. The molecule has 2 aromatic heterocycles. The van der Waals surface area contributed by atoms with E-state index >= 15 is 0 Å². The molecule has 5 heterocycles. The van der Waals surface area contributed by atoms with Crippen LogP contribution in [0.2, 0.25) is 5.15 Å². The second kappa shape index (κ2) is 9.03. The summed E-state index contributed by atoms with van der Waals surface area (Å²) in [4.78, 5) is 23.9. The molecule has 0 aliphatic carbocycles. The molecular weight excluding hydrogens is 575 g/mol. The fourth-order valence-electron chi connectivity index (χ4n) is 5.11. The molecule has 0 bridgehead atoms. The zero-order valence-corrected chi connectivity index (χ0v) is 22.5. The van der Waals surface area contributed by atoms with E-state index in [1.54, 1.807) is 13.8 Å². The minimum Gasteiger partial charge on any atom is -0.363 e. The fourth-order valence-corrected chi connectivity index (χ4v) is 8.56. The Hall–Kier alpha value is -1.96. The van der Waals surface area contributed by atoms with E-state index in [1.165, 1.54) is 15.8 Å². The largest absolute Gasteiger partial charge is 0.363 e. The molecule has 5 rings (SSSR count). The third-order valence-electron chi connectivity index (χ3n) is 6.42. The highest BCUT2D eigenvalue weighted by Crippen LogP contribution is 2.46. The zero-order valence-electron chi connectivity index (χ0n) is 20.0. The van der Waals surface area contributed by atoms with Crippen LogP contribution in [0.4, 0.5) is 14.5 Å². The molecule has 208 valence electrons. The topological polar surface area (TPSA) is 177 Å². The number of pyridine rings is 1. The predicted octanol–water partition coefficient (Wildman–Crippen LogP) is 1.77. The molecule has 18 heteroatoms. The lowest BCUT2D eigenvalue weighted by molar-refractivity contribution is -0.195. The Morgan fingerprint density at radius 3 is 2.61 bits per heavy atom. The zero-order chi connectivity index (χ0) is 27.8. The first-order valence-corrected chi connectivity index (χ1v) is 15.3. The van der Waals surface area contributed by atoms with Crippen molar-refractivity contribution in [2.75, 3.05) is 29.2 Å². The first kappa shape index (κ1) is 27.6. The molecule has 13 nitrogen and oxygen atoms in total. The van der Waals surface area contributed by atoms with E-state index in [0.717, 1.165) is 0 Å². The van der Waals surface area contributed by atoms with Crippen LogP contribution in [-0.4, -0.2) is 87.3 Å². The number of fused-ring (bicyclic) bond motifs is 2. The number of nitrogens with zero attached hydrogens (tertiary/aromatic N) is 5. The van der Waals surface area contributed by atoms with Crippen molar-refractivity contribution >= 4 is 45.8 Å². The molecule has 38 heavy (non-hydrogen) atoms. The standard InChI is InChI=1S/C20H23ClF2N5O8PS/c1-19(2)35-14-12(7-38(32,33)9-37(29,30)31)34-18(15(14)36-19)28-17-11(6-25-28)13(10(5-24)16(21)26-17)27-4-3-20(22,23)8-27/h6,12,14-15,18H,3-4,7-9H2,1-2H3,(H2,29,30,31)/t12-,14-,15-,18-/m1/s1. The maximum Gasteiger partial charge on any atom is 0.340 e. The van der Waals surface area contributed by atoms with Crippen LogP contribution in [0.25, 0.3) is 11.0 Å². The SMILES string of the molecule is CC1(C)O[C@@H]2[C@H](O1)[C@@H](CS(=O)(=O)CP(=O)(O)O)O[C@H]2n1ncc2c(N3CCC(F)(F)C3)c(C#N)c(Cl)nc21. The molecule has 0 radical (unpaired) electrons. The number of rotatable bonds is 6. The average Bonchev–Trinajstić information content (AvgIpc) is 3.47. The average molecular weight is 598 g/mol. The van der Waals surface area contributed by atoms with Crippen molar-refractivity contribution in [1.82, 2.24) is 14.8 Å². The van der Waals surface area contributed by atoms with Gasteiger partial charge in [0.25, 0.3) is 5.92 Å². The van der Waals surface area contributed by atoms with E-state index in [9.17, 15) is 27.0 Å². The summed E-state index contributed by atoms with van der Waals surface area (Å²) in [5, 5.41) is 14.0. The van der Waals surface area contributed by atoms with Gasteiger partial charge >= 0.3 is 7.60 Å². The predicted molar refractivity (Wildman–Crippen MR) is 127 cm³/mol. The highest BCUT2D eigenvalue weighted by atomic mass is 35.5. The van der Waals surface area contributed by atoms with Crippen molar-refractivity contribution in [2.24, 2.45) is 0 Å². The van der Waals surface area contributed by atoms with Crippen molar-refractivity contribution in [3.8, 4) is 6.07 Å². The van der Waals surface area contributed by atoms with Crippen molar-refractivity contribution in [3.05, 3.63) is 16.9 Å². The lowest BCUT2D eigenvalue weighted by atomic mass is 10.1. The van der Waals surface area contributed by atoms with Gasteiger partial charge in [-0.3, -0.25) is 4.57 Å². The monoisotopic (exact) mass is 597 g/mol. The molecule has 3 saturated heterocycles. The molecule has 0 amide bonds. The highest BCUT2D eigenvalue weighted by Gasteiger charge is 2.57. The van der Waals surface area contributed by atoms with Gasteiger partial charge in [0.1, 0.15) is 29.9 Å². The number of alkyl halides is 2. The second-order valence-electron chi connectivity index (χ2n) is 9.93. The Labute approximate surface area is 220 Å². The molecule has 0 saturated carbocycles. The number of halogens is 3. The van der Waals surface area contributed by atoms with Crippen LogP contribution in [0.1, 0.15) is 32.1 Å². The van der Waals surface area contributed by atoms with Gasteiger partial charge in [-0.05, 0) is 13.8 Å². The normalized spacial score (nSPS) is 28.6. The van der Waals surface area contributed by atoms with Crippen LogP contribution < -0.4 is 4.90 Å². The van der Waals surface area contributed by atoms with Crippen LogP contribution in [0.3, 0.4) is 0 Å². The smallest absolute Gasteiger partial charge is 0.340 e. The maximum atomic E-state index is 14.0. The number of hydrogen-bond acceptors (Lipinski definition) is 10. The van der Waals surface area contributed by atoms with Crippen LogP contribution in [0, 0.1) is 11.3 Å². The van der Waals surface area contributed by atoms with E-state index in [2.05, 4.69) is 10.1 Å². The molecule has 2 N–H and O–H groups in total. The van der Waals surface area contributed by atoms with Crippen molar-refractivity contribution in [1.29, 1.82) is 5.26 Å². The summed E-state index contributed by atoms with van der Waals surface area (Å²) in [5.41, 5.74) is -1.24. The Balaban J connectivity index is 1.55. The van der Waals surface area contributed by atoms with Gasteiger partial charge in [-0.15, -0.1) is 0 Å². The lowest BCUT2D eigenvalue weighted by Crippen LogP contribution is -2.35. The molecule has 0 spiro atoms. The summed E-state index contributed by atoms with van der Waals surface area (Å²) in [7, 11) is -9.16. The molecule has 2 aromatic rings. The maximum absolute atomic E-state index is 14.0. The summed E-state index contributed by atoms with van der Waals surface area (Å²) >= 11 is 6.29. The number of ether oxygens (including phenoxy) is 3. The first-order valence-electron chi connectivity index (χ1n) is 11.3. The van der Waals surface area contributed by atoms with E-state index < -0.39 is 77.9 Å². The van der Waals surface area contributed by atoms with Crippen molar-refractivity contribution < 1.29 is 45.8 Å². The third-order valence-corrected chi connectivity index (χ3v) is 10.4. The van der Waals surface area contributed by atoms with Gasteiger partial charge in [-0.25, -0.2) is 26.9 Å². The summed E-state index contributed by atoms with van der Waals surface area (Å²) in [5.74, 6) is -4.88. The van der Waals surface area contributed by atoms with E-state index in [4.69, 9.17) is 35.6 Å². The van der Waals surface area contributed by atoms with Gasteiger partial charge in [-0.1, -0.05) is 11.6 Å². The van der Waals surface area contributed by atoms with Crippen molar-refractivity contribution in [3.63, 3.8) is 0 Å². The van der Waals surface area contributed by atoms with Gasteiger partial charge in [0.15, 0.2) is 38.1 Å². The quantitative estimate of drug-likeness (QED) is 0.365. The van der Waals surface area contributed by atoms with Gasteiger partial charge in [0.05, 0.1) is 29.6 Å². The number of hydrogen-bond donors (Lipinski definition) is 2. The summed E-state index contributed by atoms with van der Waals surface area (Å²) in [6, 6.07) is 1.91. The van der Waals surface area contributed by atoms with Crippen LogP contribution in [0.15, 0.2) is 6.20 Å². The molecule has 0 aromatic carbocycles. The van der Waals surface area contributed by atoms with E-state index in [0.29, 0.717) is 0 Å². The first-order chi connectivity index (χ1) is 17.5. The minimum absolute atomic E-state index is 0.0302. The minimum atomic E-state index is -4.87. The second-order valence-corrected chi connectivity index (χ2v) is 14.5.